The van der Waals surface area contributed by atoms with E-state index in [0.29, 0.717) is 43.1 Å². The first-order chi connectivity index (χ1) is 20.3. The summed E-state index contributed by atoms with van der Waals surface area (Å²) in [4.78, 5) is 47.5. The normalized spacial score (nSPS) is 17.7. The Balaban J connectivity index is 1.27. The second kappa shape index (κ2) is 10.4. The molecule has 2 N–H and O–H groups in total. The van der Waals surface area contributed by atoms with Crippen molar-refractivity contribution in [2.75, 3.05) is 39.3 Å². The minimum Gasteiger partial charge on any atom is -0.497 e. The molecule has 1 atom stereocenters. The SMILES string of the molecule is COc1ccc2[nH]c3c(c2c1)CCN1C(=O)N(c2ccccc2C(=O)NCCc2ccc(OC)c(OC)c2)C(=O)[C@]31C. The number of benzene rings is 3. The topological polar surface area (TPSA) is 113 Å². The van der Waals surface area contributed by atoms with Crippen LogP contribution in [0.15, 0.2) is 60.7 Å². The van der Waals surface area contributed by atoms with Crippen LogP contribution in [-0.4, -0.2) is 62.1 Å². The molecule has 6 rings (SSSR count). The minimum absolute atomic E-state index is 0.247. The first kappa shape index (κ1) is 27.2. The minimum atomic E-state index is -1.24. The summed E-state index contributed by atoms with van der Waals surface area (Å²) in [5, 5.41) is 3.90. The number of nitrogens with zero attached hydrogens (tertiary/aromatic N) is 2. The number of para-hydroxylation sites is 1. The van der Waals surface area contributed by atoms with Gasteiger partial charge in [0, 0.05) is 24.0 Å². The van der Waals surface area contributed by atoms with Gasteiger partial charge in [-0.25, -0.2) is 9.69 Å². The Morgan fingerprint density at radius 1 is 0.976 bits per heavy atom. The van der Waals surface area contributed by atoms with Crippen LogP contribution in [0, 0.1) is 0 Å². The van der Waals surface area contributed by atoms with Gasteiger partial charge in [0.15, 0.2) is 17.0 Å². The Kier molecular flexibility index (Phi) is 6.76. The van der Waals surface area contributed by atoms with E-state index < -0.39 is 17.5 Å². The molecular weight excluding hydrogens is 536 g/mol. The van der Waals surface area contributed by atoms with Gasteiger partial charge >= 0.3 is 6.03 Å². The van der Waals surface area contributed by atoms with Gasteiger partial charge in [-0.3, -0.25) is 9.59 Å². The predicted molar refractivity (Wildman–Crippen MR) is 158 cm³/mol. The second-order valence-electron chi connectivity index (χ2n) is 10.5. The van der Waals surface area contributed by atoms with Crippen LogP contribution in [0.25, 0.3) is 10.9 Å². The molecule has 0 radical (unpaired) electrons. The number of anilines is 1. The molecule has 0 aliphatic carbocycles. The van der Waals surface area contributed by atoms with Crippen molar-refractivity contribution in [3.05, 3.63) is 83.0 Å². The van der Waals surface area contributed by atoms with E-state index in [1.54, 1.807) is 57.4 Å². The van der Waals surface area contributed by atoms with Crippen molar-refractivity contribution < 1.29 is 28.6 Å². The number of carbonyl (C=O) groups is 3. The number of urea groups is 1. The highest BCUT2D eigenvalue weighted by Gasteiger charge is 2.59. The van der Waals surface area contributed by atoms with Crippen LogP contribution in [-0.2, 0) is 23.2 Å². The standard InChI is InChI=1S/C32H32N4O6/c1-32-28-21(23-18-20(40-2)10-11-24(23)34-28)14-16-35(32)31(39)36(30(32)38)25-8-6-5-7-22(25)29(37)33-15-13-19-9-12-26(41-3)27(17-19)42-4/h5-12,17-18,34H,13-16H2,1-4H3,(H,33,37)/t32-/m0/s1. The fourth-order valence-electron chi connectivity index (χ4n) is 6.07. The third-order valence-corrected chi connectivity index (χ3v) is 8.30. The first-order valence-corrected chi connectivity index (χ1v) is 13.7. The molecule has 216 valence electrons. The van der Waals surface area contributed by atoms with E-state index in [-0.39, 0.29) is 17.2 Å². The van der Waals surface area contributed by atoms with Gasteiger partial charge in [-0.2, -0.15) is 0 Å². The molecule has 3 heterocycles. The molecule has 4 amide bonds. The average Bonchev–Trinajstić information content (AvgIpc) is 3.48. The molecule has 2 aliphatic rings. The quantitative estimate of drug-likeness (QED) is 0.305. The third-order valence-electron chi connectivity index (χ3n) is 8.30. The number of rotatable bonds is 8. The number of nitrogens with one attached hydrogen (secondary N) is 2. The molecule has 3 aromatic carbocycles. The number of H-pyrrole nitrogens is 1. The van der Waals surface area contributed by atoms with Crippen LogP contribution >= 0.6 is 0 Å². The maximum absolute atomic E-state index is 14.2. The molecule has 0 saturated carbocycles. The number of hydrogen-bond donors (Lipinski definition) is 2. The van der Waals surface area contributed by atoms with Gasteiger partial charge in [0.05, 0.1) is 38.3 Å². The van der Waals surface area contributed by atoms with Gasteiger partial charge in [-0.15, -0.1) is 0 Å². The van der Waals surface area contributed by atoms with Crippen LogP contribution in [0.1, 0.15) is 34.1 Å². The van der Waals surface area contributed by atoms with E-state index in [0.717, 1.165) is 32.7 Å². The molecule has 1 fully saturated rings. The number of ether oxygens (including phenoxy) is 3. The lowest BCUT2D eigenvalue weighted by Gasteiger charge is -2.35. The summed E-state index contributed by atoms with van der Waals surface area (Å²) in [5.41, 5.74) is 2.78. The molecule has 42 heavy (non-hydrogen) atoms. The van der Waals surface area contributed by atoms with Crippen LogP contribution < -0.4 is 24.4 Å². The Labute approximate surface area is 243 Å². The number of hydrogen-bond acceptors (Lipinski definition) is 6. The number of imide groups is 1. The monoisotopic (exact) mass is 568 g/mol. The molecule has 1 saturated heterocycles. The lowest BCUT2D eigenvalue weighted by atomic mass is 9.87. The summed E-state index contributed by atoms with van der Waals surface area (Å²) < 4.78 is 16.1. The molecule has 4 aromatic rings. The van der Waals surface area contributed by atoms with Crippen molar-refractivity contribution in [3.63, 3.8) is 0 Å². The molecule has 2 aliphatic heterocycles. The summed E-state index contributed by atoms with van der Waals surface area (Å²) in [5.74, 6) is 1.18. The van der Waals surface area contributed by atoms with Crippen LogP contribution in [0.2, 0.25) is 0 Å². The highest BCUT2D eigenvalue weighted by Crippen LogP contribution is 2.46. The zero-order valence-corrected chi connectivity index (χ0v) is 23.9. The van der Waals surface area contributed by atoms with Crippen molar-refractivity contribution in [1.82, 2.24) is 15.2 Å². The maximum Gasteiger partial charge on any atom is 0.332 e. The Bertz CT molecular complexity index is 1730. The van der Waals surface area contributed by atoms with E-state index in [4.69, 9.17) is 14.2 Å². The number of methoxy groups -OCH3 is 3. The van der Waals surface area contributed by atoms with E-state index in [1.165, 1.54) is 0 Å². The summed E-state index contributed by atoms with van der Waals surface area (Å²) in [6, 6.07) is 17.6. The number of aromatic nitrogens is 1. The van der Waals surface area contributed by atoms with Crippen molar-refractivity contribution in [1.29, 1.82) is 0 Å². The van der Waals surface area contributed by atoms with Gasteiger partial charge in [0.1, 0.15) is 5.75 Å². The van der Waals surface area contributed by atoms with Gasteiger partial charge in [-0.1, -0.05) is 18.2 Å². The van der Waals surface area contributed by atoms with Crippen molar-refractivity contribution in [2.24, 2.45) is 0 Å². The number of fused-ring (bicyclic) bond motifs is 5. The maximum atomic E-state index is 14.2. The molecule has 0 bridgehead atoms. The molecule has 1 aromatic heterocycles. The van der Waals surface area contributed by atoms with Crippen LogP contribution in [0.3, 0.4) is 0 Å². The van der Waals surface area contributed by atoms with E-state index in [9.17, 15) is 14.4 Å². The zero-order valence-electron chi connectivity index (χ0n) is 23.9. The predicted octanol–water partition coefficient (Wildman–Crippen LogP) is 4.41. The van der Waals surface area contributed by atoms with Gasteiger partial charge < -0.3 is 29.4 Å². The number of carbonyl (C=O) groups excluding carboxylic acids is 3. The molecular formula is C32H32N4O6. The van der Waals surface area contributed by atoms with Crippen molar-refractivity contribution in [2.45, 2.75) is 25.3 Å². The second-order valence-corrected chi connectivity index (χ2v) is 10.5. The molecule has 0 unspecified atom stereocenters. The highest BCUT2D eigenvalue weighted by molar-refractivity contribution is 6.25. The van der Waals surface area contributed by atoms with Crippen LogP contribution in [0.5, 0.6) is 17.2 Å². The van der Waals surface area contributed by atoms with Crippen LogP contribution in [0.4, 0.5) is 10.5 Å². The summed E-state index contributed by atoms with van der Waals surface area (Å²) >= 11 is 0. The Morgan fingerprint density at radius 2 is 1.76 bits per heavy atom. The fraction of sp³-hybridized carbons (Fsp3) is 0.281. The Morgan fingerprint density at radius 3 is 2.52 bits per heavy atom. The summed E-state index contributed by atoms with van der Waals surface area (Å²) in [6.07, 6.45) is 1.14. The van der Waals surface area contributed by atoms with Crippen molar-refractivity contribution in [3.8, 4) is 17.2 Å². The summed E-state index contributed by atoms with van der Waals surface area (Å²) in [7, 11) is 4.77. The average molecular weight is 569 g/mol. The molecule has 10 nitrogen and oxygen atoms in total. The van der Waals surface area contributed by atoms with Crippen molar-refractivity contribution >= 4 is 34.4 Å². The third kappa shape index (κ3) is 4.13. The first-order valence-electron chi connectivity index (χ1n) is 13.7. The Hall–Kier alpha value is -4.99. The largest absolute Gasteiger partial charge is 0.497 e. The lowest BCUT2D eigenvalue weighted by molar-refractivity contribution is -0.125. The van der Waals surface area contributed by atoms with Gasteiger partial charge in [0.25, 0.3) is 11.8 Å². The number of amides is 4. The van der Waals surface area contributed by atoms with Gasteiger partial charge in [-0.05, 0) is 73.4 Å². The highest BCUT2D eigenvalue weighted by atomic mass is 16.5. The fourth-order valence-corrected chi connectivity index (χ4v) is 6.07. The molecule has 0 spiro atoms. The smallest absolute Gasteiger partial charge is 0.332 e. The zero-order chi connectivity index (χ0) is 29.6. The number of aromatic amines is 1. The van der Waals surface area contributed by atoms with E-state index in [1.807, 2.05) is 36.4 Å². The molecule has 10 heteroatoms. The van der Waals surface area contributed by atoms with E-state index >= 15 is 0 Å². The van der Waals surface area contributed by atoms with Gasteiger partial charge in [0.2, 0.25) is 0 Å². The lowest BCUT2D eigenvalue weighted by Crippen LogP contribution is -2.49. The summed E-state index contributed by atoms with van der Waals surface area (Å²) in [6.45, 7) is 2.48. The van der Waals surface area contributed by atoms with E-state index in [2.05, 4.69) is 10.3 Å².